The van der Waals surface area contributed by atoms with Crippen LogP contribution in [0.25, 0.3) is 5.69 Å². The first-order valence-corrected chi connectivity index (χ1v) is 5.43. The van der Waals surface area contributed by atoms with Crippen LogP contribution in [0, 0.1) is 0 Å². The molecule has 2 aromatic heterocycles. The Labute approximate surface area is 93.3 Å². The summed E-state index contributed by atoms with van der Waals surface area (Å²) in [4.78, 5) is 8.35. The van der Waals surface area contributed by atoms with Crippen molar-refractivity contribution in [3.8, 4) is 5.69 Å². The summed E-state index contributed by atoms with van der Waals surface area (Å²) in [7, 11) is 0. The molecule has 0 saturated heterocycles. The summed E-state index contributed by atoms with van der Waals surface area (Å²) in [6, 6.07) is 2.12. The fourth-order valence-corrected chi connectivity index (χ4v) is 1.82. The van der Waals surface area contributed by atoms with E-state index in [4.69, 9.17) is 5.73 Å². The average molecular weight is 215 g/mol. The van der Waals surface area contributed by atoms with Gasteiger partial charge in [-0.2, -0.15) is 5.10 Å². The zero-order chi connectivity index (χ0) is 11.0. The summed E-state index contributed by atoms with van der Waals surface area (Å²) in [5.74, 6) is 1.45. The van der Waals surface area contributed by atoms with E-state index in [2.05, 4.69) is 21.1 Å². The summed E-state index contributed by atoms with van der Waals surface area (Å²) < 4.78 is 1.75. The van der Waals surface area contributed by atoms with Crippen molar-refractivity contribution in [2.75, 3.05) is 0 Å². The second-order valence-corrected chi connectivity index (χ2v) is 4.04. The Kier molecular flexibility index (Phi) is 2.18. The molecular weight excluding hydrogens is 202 g/mol. The van der Waals surface area contributed by atoms with Gasteiger partial charge in [-0.25, -0.2) is 9.67 Å². The Bertz CT molecular complexity index is 501. The highest BCUT2D eigenvalue weighted by Crippen LogP contribution is 2.40. The largest absolute Gasteiger partial charge is 0.324 e. The summed E-state index contributed by atoms with van der Waals surface area (Å²) in [5.41, 5.74) is 7.83. The minimum Gasteiger partial charge on any atom is -0.324 e. The van der Waals surface area contributed by atoms with Gasteiger partial charge in [0.25, 0.3) is 0 Å². The molecule has 0 atom stereocenters. The predicted molar refractivity (Wildman–Crippen MR) is 59.0 cm³/mol. The van der Waals surface area contributed by atoms with Crippen molar-refractivity contribution in [1.82, 2.24) is 19.7 Å². The molecule has 0 unspecified atom stereocenters. The molecule has 2 heterocycles. The summed E-state index contributed by atoms with van der Waals surface area (Å²) in [6.45, 7) is 0.383. The molecule has 5 heteroatoms. The molecule has 16 heavy (non-hydrogen) atoms. The molecular formula is C11H13N5. The lowest BCUT2D eigenvalue weighted by atomic mass is 10.2. The topological polar surface area (TPSA) is 69.6 Å². The van der Waals surface area contributed by atoms with Crippen molar-refractivity contribution < 1.29 is 0 Å². The standard InChI is InChI=1S/C11H13N5/c12-4-11-14-7-15-16(11)10-3-9(5-13-6-10)8-1-2-8/h3,5-8H,1-2,4,12H2. The molecule has 0 amide bonds. The molecule has 1 saturated carbocycles. The van der Waals surface area contributed by atoms with Gasteiger partial charge in [-0.05, 0) is 30.4 Å². The van der Waals surface area contributed by atoms with Crippen LogP contribution >= 0.6 is 0 Å². The van der Waals surface area contributed by atoms with Crippen LogP contribution in [0.1, 0.15) is 30.1 Å². The van der Waals surface area contributed by atoms with Gasteiger partial charge in [-0.1, -0.05) is 0 Å². The van der Waals surface area contributed by atoms with Gasteiger partial charge >= 0.3 is 0 Å². The van der Waals surface area contributed by atoms with Gasteiger partial charge in [-0.3, -0.25) is 4.98 Å². The van der Waals surface area contributed by atoms with E-state index in [0.717, 1.165) is 11.5 Å². The van der Waals surface area contributed by atoms with Crippen LogP contribution in [0.15, 0.2) is 24.8 Å². The Morgan fingerprint density at radius 1 is 1.38 bits per heavy atom. The fraction of sp³-hybridized carbons (Fsp3) is 0.364. The van der Waals surface area contributed by atoms with E-state index in [-0.39, 0.29) is 0 Å². The first kappa shape index (κ1) is 9.47. The van der Waals surface area contributed by atoms with E-state index in [1.807, 2.05) is 6.20 Å². The lowest BCUT2D eigenvalue weighted by Gasteiger charge is -2.05. The van der Waals surface area contributed by atoms with Crippen LogP contribution in [0.2, 0.25) is 0 Å². The molecule has 2 aromatic rings. The number of hydrogen-bond acceptors (Lipinski definition) is 4. The van der Waals surface area contributed by atoms with Gasteiger partial charge in [-0.15, -0.1) is 0 Å². The molecule has 0 aromatic carbocycles. The molecule has 0 spiro atoms. The van der Waals surface area contributed by atoms with E-state index in [0.29, 0.717) is 12.5 Å². The molecule has 2 N–H and O–H groups in total. The second kappa shape index (κ2) is 3.68. The first-order chi connectivity index (χ1) is 7.88. The smallest absolute Gasteiger partial charge is 0.146 e. The monoisotopic (exact) mass is 215 g/mol. The zero-order valence-corrected chi connectivity index (χ0v) is 8.87. The van der Waals surface area contributed by atoms with Gasteiger partial charge in [0.15, 0.2) is 0 Å². The Hall–Kier alpha value is -1.75. The lowest BCUT2D eigenvalue weighted by molar-refractivity contribution is 0.784. The van der Waals surface area contributed by atoms with E-state index < -0.39 is 0 Å². The average Bonchev–Trinajstić information content (AvgIpc) is 3.07. The Morgan fingerprint density at radius 2 is 2.25 bits per heavy atom. The van der Waals surface area contributed by atoms with E-state index >= 15 is 0 Å². The van der Waals surface area contributed by atoms with Gasteiger partial charge in [0.1, 0.15) is 12.2 Å². The van der Waals surface area contributed by atoms with Crippen molar-refractivity contribution in [2.24, 2.45) is 5.73 Å². The zero-order valence-electron chi connectivity index (χ0n) is 8.87. The maximum absolute atomic E-state index is 5.60. The lowest BCUT2D eigenvalue weighted by Crippen LogP contribution is -2.08. The second-order valence-electron chi connectivity index (χ2n) is 4.04. The molecule has 82 valence electrons. The third kappa shape index (κ3) is 1.59. The Balaban J connectivity index is 2.02. The normalized spacial score (nSPS) is 15.3. The van der Waals surface area contributed by atoms with E-state index in [9.17, 15) is 0 Å². The van der Waals surface area contributed by atoms with Crippen molar-refractivity contribution in [3.63, 3.8) is 0 Å². The fourth-order valence-electron chi connectivity index (χ4n) is 1.82. The van der Waals surface area contributed by atoms with Gasteiger partial charge in [0.05, 0.1) is 18.4 Å². The summed E-state index contributed by atoms with van der Waals surface area (Å²) >= 11 is 0. The number of pyridine rings is 1. The Morgan fingerprint density at radius 3 is 3.00 bits per heavy atom. The third-order valence-electron chi connectivity index (χ3n) is 2.84. The molecule has 5 nitrogen and oxygen atoms in total. The molecule has 3 rings (SSSR count). The van der Waals surface area contributed by atoms with Crippen molar-refractivity contribution in [3.05, 3.63) is 36.2 Å². The molecule has 1 aliphatic rings. The number of aromatic nitrogens is 4. The quantitative estimate of drug-likeness (QED) is 0.829. The van der Waals surface area contributed by atoms with Crippen LogP contribution in [-0.2, 0) is 6.54 Å². The van der Waals surface area contributed by atoms with Crippen molar-refractivity contribution in [1.29, 1.82) is 0 Å². The number of hydrogen-bond donors (Lipinski definition) is 1. The van der Waals surface area contributed by atoms with Crippen molar-refractivity contribution >= 4 is 0 Å². The number of rotatable bonds is 3. The van der Waals surface area contributed by atoms with Gasteiger partial charge in [0, 0.05) is 6.20 Å². The van der Waals surface area contributed by atoms with Crippen LogP contribution in [0.4, 0.5) is 0 Å². The predicted octanol–water partition coefficient (Wildman–Crippen LogP) is 0.998. The van der Waals surface area contributed by atoms with Crippen molar-refractivity contribution in [2.45, 2.75) is 25.3 Å². The minimum atomic E-state index is 0.383. The maximum Gasteiger partial charge on any atom is 0.146 e. The van der Waals surface area contributed by atoms with Gasteiger partial charge in [0.2, 0.25) is 0 Å². The maximum atomic E-state index is 5.60. The molecule has 1 fully saturated rings. The van der Waals surface area contributed by atoms with Crippen LogP contribution < -0.4 is 5.73 Å². The molecule has 0 aliphatic heterocycles. The summed E-state index contributed by atoms with van der Waals surface area (Å²) in [6.07, 6.45) is 7.78. The molecule has 1 aliphatic carbocycles. The highest BCUT2D eigenvalue weighted by Gasteiger charge is 2.24. The SMILES string of the molecule is NCc1ncnn1-c1cncc(C2CC2)c1. The summed E-state index contributed by atoms with van der Waals surface area (Å²) in [5, 5.41) is 4.16. The highest BCUT2D eigenvalue weighted by atomic mass is 15.3. The minimum absolute atomic E-state index is 0.383. The van der Waals surface area contributed by atoms with E-state index in [1.54, 1.807) is 10.9 Å². The van der Waals surface area contributed by atoms with Gasteiger partial charge < -0.3 is 5.73 Å². The van der Waals surface area contributed by atoms with Crippen LogP contribution in [-0.4, -0.2) is 19.7 Å². The highest BCUT2D eigenvalue weighted by molar-refractivity contribution is 5.35. The first-order valence-electron chi connectivity index (χ1n) is 5.43. The third-order valence-corrected chi connectivity index (χ3v) is 2.84. The molecule has 0 bridgehead atoms. The van der Waals surface area contributed by atoms with E-state index in [1.165, 1.54) is 24.7 Å². The van der Waals surface area contributed by atoms with Crippen LogP contribution in [0.3, 0.4) is 0 Å². The molecule has 0 radical (unpaired) electrons. The van der Waals surface area contributed by atoms with Crippen LogP contribution in [0.5, 0.6) is 0 Å². The number of nitrogens with zero attached hydrogens (tertiary/aromatic N) is 4. The number of nitrogens with two attached hydrogens (primary N) is 1.